The summed E-state index contributed by atoms with van der Waals surface area (Å²) in [6, 6.07) is 14.8. The minimum atomic E-state index is -3.84. The number of Topliss-reactive ketones (excluding diaryl/α,β-unsaturated/α-hetero) is 1. The van der Waals surface area contributed by atoms with Gasteiger partial charge in [-0.2, -0.15) is 0 Å². The smallest absolute Gasteiger partial charge is 0.319 e. The van der Waals surface area contributed by atoms with Crippen LogP contribution in [0.15, 0.2) is 82.8 Å². The molecule has 1 aromatic heterocycles. The number of urea groups is 1. The minimum absolute atomic E-state index is 0.00210. The van der Waals surface area contributed by atoms with Gasteiger partial charge in [-0.3, -0.25) is 9.78 Å². The summed E-state index contributed by atoms with van der Waals surface area (Å²) in [6.07, 6.45) is 3.75. The number of nitrogens with zero attached hydrogens (tertiary/aromatic N) is 1. The third kappa shape index (κ3) is 5.99. The highest BCUT2D eigenvalue weighted by atomic mass is 32.2. The molecule has 0 saturated heterocycles. The lowest BCUT2D eigenvalue weighted by atomic mass is 10.1. The number of sulfone groups is 1. The number of aliphatic hydroxyl groups is 1. The third-order valence-electron chi connectivity index (χ3n) is 4.63. The van der Waals surface area contributed by atoms with Gasteiger partial charge in [0.05, 0.1) is 9.79 Å². The van der Waals surface area contributed by atoms with E-state index in [1.807, 2.05) is 6.07 Å². The Balaban J connectivity index is 1.67. The molecule has 3 rings (SSSR count). The van der Waals surface area contributed by atoms with Crippen molar-refractivity contribution in [2.24, 2.45) is 0 Å². The summed E-state index contributed by atoms with van der Waals surface area (Å²) >= 11 is 0. The molecule has 3 N–H and O–H groups in total. The summed E-state index contributed by atoms with van der Waals surface area (Å²) in [5.74, 6) is -0.229. The monoisotopic (exact) mass is 453 g/mol. The fourth-order valence-electron chi connectivity index (χ4n) is 2.93. The molecular weight excluding hydrogens is 430 g/mol. The number of aliphatic hydroxyl groups excluding tert-OH is 1. The second-order valence-corrected chi connectivity index (χ2v) is 8.92. The summed E-state index contributed by atoms with van der Waals surface area (Å²) in [4.78, 5) is 28.2. The van der Waals surface area contributed by atoms with Crippen LogP contribution in [-0.2, 0) is 16.4 Å². The van der Waals surface area contributed by atoms with Gasteiger partial charge >= 0.3 is 6.03 Å². The Bertz CT molecular complexity index is 1180. The Kier molecular flexibility index (Phi) is 7.69. The molecule has 0 atom stereocenters. The van der Waals surface area contributed by atoms with Crippen molar-refractivity contribution in [1.82, 2.24) is 10.3 Å². The molecule has 1 heterocycles. The number of nitrogens with one attached hydrogen (secondary N) is 2. The molecule has 0 aliphatic rings. The van der Waals surface area contributed by atoms with Crippen molar-refractivity contribution < 1.29 is 23.1 Å². The highest BCUT2D eigenvalue weighted by Gasteiger charge is 2.19. The van der Waals surface area contributed by atoms with Crippen LogP contribution in [0.3, 0.4) is 0 Å². The van der Waals surface area contributed by atoms with Gasteiger partial charge in [-0.1, -0.05) is 18.2 Å². The van der Waals surface area contributed by atoms with E-state index in [1.54, 1.807) is 24.5 Å². The van der Waals surface area contributed by atoms with Gasteiger partial charge in [0.2, 0.25) is 9.84 Å². The molecule has 3 aromatic rings. The molecule has 32 heavy (non-hydrogen) atoms. The van der Waals surface area contributed by atoms with Gasteiger partial charge in [-0.25, -0.2) is 13.2 Å². The fourth-order valence-corrected chi connectivity index (χ4v) is 4.24. The van der Waals surface area contributed by atoms with E-state index in [1.165, 1.54) is 42.5 Å². The fraction of sp³-hybridized carbons (Fsp3) is 0.174. The first-order chi connectivity index (χ1) is 15.4. The van der Waals surface area contributed by atoms with Crippen LogP contribution in [0.5, 0.6) is 0 Å². The van der Waals surface area contributed by atoms with Gasteiger partial charge in [0.15, 0.2) is 5.78 Å². The standard InChI is InChI=1S/C23H23N3O5S/c27-13-3-7-22(28)18-5-1-6-21(14-18)32(30,31)20-10-8-19(9-11-20)26-23(29)25-16-17-4-2-12-24-15-17/h1-2,4-6,8-12,14-15,27H,3,7,13,16H2,(H2,25,26,29). The average Bonchev–Trinajstić information content (AvgIpc) is 2.82. The number of hydrogen-bond donors (Lipinski definition) is 3. The van der Waals surface area contributed by atoms with Crippen molar-refractivity contribution in [3.8, 4) is 0 Å². The second-order valence-electron chi connectivity index (χ2n) is 6.97. The Morgan fingerprint density at radius 1 is 0.969 bits per heavy atom. The number of amides is 2. The van der Waals surface area contributed by atoms with Crippen LogP contribution < -0.4 is 10.6 Å². The van der Waals surface area contributed by atoms with Crippen molar-refractivity contribution >= 4 is 27.3 Å². The summed E-state index contributed by atoms with van der Waals surface area (Å²) in [7, 11) is -3.84. The highest BCUT2D eigenvalue weighted by Crippen LogP contribution is 2.23. The van der Waals surface area contributed by atoms with Gasteiger partial charge in [-0.05, 0) is 54.4 Å². The van der Waals surface area contributed by atoms with Crippen LogP contribution in [0.1, 0.15) is 28.8 Å². The maximum atomic E-state index is 13.0. The van der Waals surface area contributed by atoms with Crippen LogP contribution in [0, 0.1) is 0 Å². The molecule has 0 aliphatic heterocycles. The van der Waals surface area contributed by atoms with E-state index in [2.05, 4.69) is 15.6 Å². The first-order valence-corrected chi connectivity index (χ1v) is 11.4. The van der Waals surface area contributed by atoms with Gasteiger partial charge < -0.3 is 15.7 Å². The number of carbonyl (C=O) groups is 2. The van der Waals surface area contributed by atoms with E-state index in [9.17, 15) is 18.0 Å². The molecule has 2 amide bonds. The van der Waals surface area contributed by atoms with Crippen molar-refractivity contribution in [1.29, 1.82) is 0 Å². The zero-order chi connectivity index (χ0) is 23.0. The number of anilines is 1. The number of benzene rings is 2. The van der Waals surface area contributed by atoms with Gasteiger partial charge in [0.1, 0.15) is 0 Å². The first kappa shape index (κ1) is 23.1. The largest absolute Gasteiger partial charge is 0.396 e. The van der Waals surface area contributed by atoms with Gasteiger partial charge in [0.25, 0.3) is 0 Å². The first-order valence-electron chi connectivity index (χ1n) is 9.93. The molecule has 166 valence electrons. The number of carbonyl (C=O) groups excluding carboxylic acids is 2. The Labute approximate surface area is 186 Å². The lowest BCUT2D eigenvalue weighted by Crippen LogP contribution is -2.28. The predicted molar refractivity (Wildman–Crippen MR) is 119 cm³/mol. The molecule has 9 heteroatoms. The van der Waals surface area contributed by atoms with Crippen LogP contribution in [0.2, 0.25) is 0 Å². The maximum absolute atomic E-state index is 13.0. The summed E-state index contributed by atoms with van der Waals surface area (Å²) < 4.78 is 25.9. The summed E-state index contributed by atoms with van der Waals surface area (Å²) in [5, 5.41) is 14.2. The number of hydrogen-bond acceptors (Lipinski definition) is 6. The number of pyridine rings is 1. The zero-order valence-corrected chi connectivity index (χ0v) is 18.0. The van der Waals surface area contributed by atoms with Crippen LogP contribution in [-0.4, -0.2) is 36.9 Å². The molecule has 0 aliphatic carbocycles. The van der Waals surface area contributed by atoms with Crippen molar-refractivity contribution in [3.05, 3.63) is 84.2 Å². The highest BCUT2D eigenvalue weighted by molar-refractivity contribution is 7.91. The minimum Gasteiger partial charge on any atom is -0.396 e. The molecule has 0 saturated carbocycles. The maximum Gasteiger partial charge on any atom is 0.319 e. The van der Waals surface area contributed by atoms with E-state index in [4.69, 9.17) is 5.11 Å². The molecule has 0 unspecified atom stereocenters. The van der Waals surface area contributed by atoms with E-state index < -0.39 is 15.9 Å². The Morgan fingerprint density at radius 2 is 1.75 bits per heavy atom. The molecule has 2 aromatic carbocycles. The topological polar surface area (TPSA) is 125 Å². The van der Waals surface area contributed by atoms with Crippen molar-refractivity contribution in [2.45, 2.75) is 29.2 Å². The number of aromatic nitrogens is 1. The number of ketones is 1. The molecular formula is C23H23N3O5S. The molecule has 0 fully saturated rings. The quantitative estimate of drug-likeness (QED) is 0.427. The Hall–Kier alpha value is -3.56. The Morgan fingerprint density at radius 3 is 2.44 bits per heavy atom. The normalized spacial score (nSPS) is 11.0. The van der Waals surface area contributed by atoms with Gasteiger partial charge in [0, 0.05) is 43.2 Å². The molecule has 8 nitrogen and oxygen atoms in total. The van der Waals surface area contributed by atoms with E-state index in [0.29, 0.717) is 18.7 Å². The molecule has 0 bridgehead atoms. The summed E-state index contributed by atoms with van der Waals surface area (Å²) in [6.45, 7) is 0.200. The third-order valence-corrected chi connectivity index (χ3v) is 6.39. The van der Waals surface area contributed by atoms with E-state index in [0.717, 1.165) is 5.56 Å². The number of rotatable bonds is 9. The zero-order valence-electron chi connectivity index (χ0n) is 17.2. The lowest BCUT2D eigenvalue weighted by Gasteiger charge is -2.10. The second kappa shape index (κ2) is 10.7. The van der Waals surface area contributed by atoms with Crippen molar-refractivity contribution in [2.75, 3.05) is 11.9 Å². The van der Waals surface area contributed by atoms with E-state index >= 15 is 0 Å². The van der Waals surface area contributed by atoms with Crippen molar-refractivity contribution in [3.63, 3.8) is 0 Å². The average molecular weight is 454 g/mol. The van der Waals surface area contributed by atoms with Crippen LogP contribution in [0.4, 0.5) is 10.5 Å². The van der Waals surface area contributed by atoms with Gasteiger partial charge in [-0.15, -0.1) is 0 Å². The van der Waals surface area contributed by atoms with Crippen LogP contribution in [0.25, 0.3) is 0 Å². The SMILES string of the molecule is O=C(NCc1cccnc1)Nc1ccc(S(=O)(=O)c2cccc(C(=O)CCCO)c2)cc1. The van der Waals surface area contributed by atoms with Crippen LogP contribution >= 0.6 is 0 Å². The predicted octanol–water partition coefficient (Wildman–Crippen LogP) is 3.19. The summed E-state index contributed by atoms with van der Waals surface area (Å²) in [5.41, 5.74) is 1.56. The molecule has 0 spiro atoms. The lowest BCUT2D eigenvalue weighted by molar-refractivity contribution is 0.0971. The van der Waals surface area contributed by atoms with E-state index in [-0.39, 0.29) is 34.2 Å². The molecule has 0 radical (unpaired) electrons.